The minimum Gasteiger partial charge on any atom is -0.494 e. The molecule has 1 amide bonds. The van der Waals surface area contributed by atoms with Crippen LogP contribution in [0.1, 0.15) is 41.4 Å². The molecule has 1 aliphatic carbocycles. The molecule has 0 spiro atoms. The third-order valence-electron chi connectivity index (χ3n) is 6.68. The van der Waals surface area contributed by atoms with Gasteiger partial charge in [0.05, 0.1) is 44.2 Å². The van der Waals surface area contributed by atoms with Crippen molar-refractivity contribution in [2.45, 2.75) is 44.2 Å². The van der Waals surface area contributed by atoms with Gasteiger partial charge in [-0.2, -0.15) is 0 Å². The molecule has 0 radical (unpaired) electrons. The molecule has 0 aliphatic heterocycles. The number of nitrogens with one attached hydrogen (secondary N) is 1. The number of rotatable bonds is 11. The van der Waals surface area contributed by atoms with E-state index in [1.807, 2.05) is 0 Å². The van der Waals surface area contributed by atoms with E-state index < -0.39 is 17.3 Å². The monoisotopic (exact) mass is 574 g/mol. The smallest absolute Gasteiger partial charge is 0.251 e. The summed E-state index contributed by atoms with van der Waals surface area (Å²) in [6.07, 6.45) is 0.627. The second-order valence-electron chi connectivity index (χ2n) is 9.80. The number of aliphatic hydroxyl groups is 2. The van der Waals surface area contributed by atoms with Gasteiger partial charge in [0.2, 0.25) is 0 Å². The third-order valence-corrected chi connectivity index (χ3v) is 6.97. The van der Waals surface area contributed by atoms with Gasteiger partial charge in [-0.1, -0.05) is 11.6 Å². The summed E-state index contributed by atoms with van der Waals surface area (Å²) >= 11 is 6.01. The number of aromatic nitrogens is 1. The maximum Gasteiger partial charge on any atom is 0.251 e. The number of amides is 1. The van der Waals surface area contributed by atoms with E-state index in [0.29, 0.717) is 52.5 Å². The number of ether oxygens (including phenoxy) is 4. The van der Waals surface area contributed by atoms with Gasteiger partial charge in [-0.15, -0.1) is 0 Å². The number of pyridine rings is 1. The lowest BCUT2D eigenvalue weighted by molar-refractivity contribution is -0.0118. The highest BCUT2D eigenvalue weighted by Crippen LogP contribution is 2.37. The molecule has 1 aromatic heterocycles. The molecule has 0 saturated heterocycles. The van der Waals surface area contributed by atoms with Crippen LogP contribution in [0, 0.1) is 5.82 Å². The molecule has 1 aliphatic rings. The third kappa shape index (κ3) is 6.47. The normalized spacial score (nSPS) is 17.9. The van der Waals surface area contributed by atoms with Crippen LogP contribution in [0.2, 0.25) is 5.02 Å². The van der Waals surface area contributed by atoms with Crippen molar-refractivity contribution in [2.75, 3.05) is 27.9 Å². The van der Waals surface area contributed by atoms with Crippen molar-refractivity contribution in [1.29, 1.82) is 0 Å². The van der Waals surface area contributed by atoms with Gasteiger partial charge in [-0.05, 0) is 49.4 Å². The van der Waals surface area contributed by atoms with Crippen LogP contribution >= 0.6 is 11.6 Å². The van der Waals surface area contributed by atoms with Gasteiger partial charge in [0.25, 0.3) is 5.91 Å². The highest BCUT2D eigenvalue weighted by atomic mass is 35.5. The summed E-state index contributed by atoms with van der Waals surface area (Å²) in [5.74, 6) is 0.221. The zero-order valence-electron chi connectivity index (χ0n) is 22.7. The summed E-state index contributed by atoms with van der Waals surface area (Å²) in [6.45, 7) is 1.49. The highest BCUT2D eigenvalue weighted by molar-refractivity contribution is 6.31. The molecule has 40 heavy (non-hydrogen) atoms. The van der Waals surface area contributed by atoms with Crippen molar-refractivity contribution in [2.24, 2.45) is 0 Å². The lowest BCUT2D eigenvalue weighted by atomic mass is 9.92. The van der Waals surface area contributed by atoms with Crippen LogP contribution in [-0.4, -0.2) is 61.2 Å². The number of methoxy groups -OCH3 is 3. The Balaban J connectivity index is 1.56. The first-order valence-corrected chi connectivity index (χ1v) is 13.0. The van der Waals surface area contributed by atoms with Gasteiger partial charge in [-0.25, -0.2) is 9.37 Å². The molecule has 3 N–H and O–H groups in total. The van der Waals surface area contributed by atoms with Gasteiger partial charge >= 0.3 is 0 Å². The maximum absolute atomic E-state index is 13.8. The molecule has 214 valence electrons. The zero-order valence-corrected chi connectivity index (χ0v) is 23.4. The van der Waals surface area contributed by atoms with Crippen molar-refractivity contribution < 1.29 is 38.3 Å². The molecule has 11 heteroatoms. The largest absolute Gasteiger partial charge is 0.494 e. The average molecular weight is 575 g/mol. The lowest BCUT2D eigenvalue weighted by Gasteiger charge is -2.32. The van der Waals surface area contributed by atoms with E-state index in [2.05, 4.69) is 10.3 Å². The molecule has 1 unspecified atom stereocenters. The van der Waals surface area contributed by atoms with E-state index in [9.17, 15) is 19.4 Å². The Kier molecular flexibility index (Phi) is 9.15. The summed E-state index contributed by atoms with van der Waals surface area (Å²) in [5.41, 5.74) is 0.337. The summed E-state index contributed by atoms with van der Waals surface area (Å²) in [4.78, 5) is 17.6. The number of aliphatic hydroxyl groups excluding tert-OH is 1. The van der Waals surface area contributed by atoms with Crippen LogP contribution in [0.15, 0.2) is 42.5 Å². The van der Waals surface area contributed by atoms with E-state index in [1.165, 1.54) is 46.5 Å². The number of hydrogen-bond donors (Lipinski definition) is 3. The van der Waals surface area contributed by atoms with Gasteiger partial charge in [-0.3, -0.25) is 4.79 Å². The van der Waals surface area contributed by atoms with Gasteiger partial charge < -0.3 is 34.5 Å². The van der Waals surface area contributed by atoms with Crippen molar-refractivity contribution in [3.63, 3.8) is 0 Å². The van der Waals surface area contributed by atoms with Crippen molar-refractivity contribution in [3.8, 4) is 28.5 Å². The molecule has 2 aromatic carbocycles. The Labute approximate surface area is 236 Å². The van der Waals surface area contributed by atoms with Crippen LogP contribution in [0.5, 0.6) is 17.2 Å². The molecule has 1 atom stereocenters. The van der Waals surface area contributed by atoms with Crippen LogP contribution < -0.4 is 19.5 Å². The Hall–Kier alpha value is -3.44. The van der Waals surface area contributed by atoms with Gasteiger partial charge in [0.15, 0.2) is 17.2 Å². The number of nitrogens with zero attached hydrogens (tertiary/aromatic N) is 1. The number of benzene rings is 2. The first kappa shape index (κ1) is 29.5. The fourth-order valence-electron chi connectivity index (χ4n) is 4.36. The molecular weight excluding hydrogens is 543 g/mol. The molecule has 1 heterocycles. The standard InChI is InChI=1S/C29H32ClFN2O7/c1-29(36,15-32-28(35)17-6-8-23(24(10-17)38-3)40-20-12-19(34)13-20)25-11-18(14-37-2)27(39-4)26(33-25)16-5-7-22(31)21(30)9-16/h5-11,19-20,34,36H,12-15H2,1-4H3,(H,32,35). The lowest BCUT2D eigenvalue weighted by Crippen LogP contribution is -2.39. The van der Waals surface area contributed by atoms with E-state index >= 15 is 0 Å². The van der Waals surface area contributed by atoms with Crippen LogP contribution in [0.4, 0.5) is 4.39 Å². The molecule has 1 saturated carbocycles. The average Bonchev–Trinajstić information content (AvgIpc) is 2.92. The number of hydrogen-bond acceptors (Lipinski definition) is 8. The maximum atomic E-state index is 13.8. The van der Waals surface area contributed by atoms with Crippen LogP contribution in [-0.2, 0) is 16.9 Å². The number of carbonyl (C=O) groups excluding carboxylic acids is 1. The first-order chi connectivity index (χ1) is 19.1. The van der Waals surface area contributed by atoms with Crippen molar-refractivity contribution in [1.82, 2.24) is 10.3 Å². The number of halogens is 2. The predicted molar refractivity (Wildman–Crippen MR) is 146 cm³/mol. The summed E-state index contributed by atoms with van der Waals surface area (Å²) in [6, 6.07) is 10.6. The SMILES string of the molecule is COCc1cc(C(C)(O)CNC(=O)c2ccc(OC3CC(O)C3)c(OC)c2)nc(-c2ccc(F)c(Cl)c2)c1OC. The van der Waals surface area contributed by atoms with E-state index in [0.717, 1.165) is 0 Å². The molecule has 0 bridgehead atoms. The quantitative estimate of drug-likeness (QED) is 0.311. The molecule has 9 nitrogen and oxygen atoms in total. The zero-order chi connectivity index (χ0) is 29.0. The molecule has 1 fully saturated rings. The topological polar surface area (TPSA) is 119 Å². The minimum absolute atomic E-state index is 0.0869. The molecular formula is C29H32ClFN2O7. The Morgan fingerprint density at radius 3 is 2.50 bits per heavy atom. The Bertz CT molecular complexity index is 1380. The Morgan fingerprint density at radius 2 is 1.88 bits per heavy atom. The van der Waals surface area contributed by atoms with E-state index in [-0.39, 0.29) is 36.1 Å². The predicted octanol–water partition coefficient (Wildman–Crippen LogP) is 4.24. The van der Waals surface area contributed by atoms with E-state index in [4.69, 9.17) is 30.5 Å². The number of carbonyl (C=O) groups is 1. The van der Waals surface area contributed by atoms with Crippen LogP contribution in [0.25, 0.3) is 11.3 Å². The second-order valence-corrected chi connectivity index (χ2v) is 10.2. The van der Waals surface area contributed by atoms with Gasteiger partial charge in [0, 0.05) is 36.6 Å². The highest BCUT2D eigenvalue weighted by Gasteiger charge is 2.31. The second kappa shape index (κ2) is 12.4. The van der Waals surface area contributed by atoms with Crippen molar-refractivity contribution in [3.05, 3.63) is 70.1 Å². The van der Waals surface area contributed by atoms with Crippen LogP contribution in [0.3, 0.4) is 0 Å². The van der Waals surface area contributed by atoms with E-state index in [1.54, 1.807) is 24.3 Å². The first-order valence-electron chi connectivity index (χ1n) is 12.6. The fraction of sp³-hybridized carbons (Fsp3) is 0.379. The summed E-state index contributed by atoms with van der Waals surface area (Å²) in [7, 11) is 4.47. The fourth-order valence-corrected chi connectivity index (χ4v) is 4.54. The minimum atomic E-state index is -1.61. The molecule has 4 rings (SSSR count). The van der Waals surface area contributed by atoms with Gasteiger partial charge in [0.1, 0.15) is 23.2 Å². The summed E-state index contributed by atoms with van der Waals surface area (Å²) in [5, 5.41) is 23.5. The summed E-state index contributed by atoms with van der Waals surface area (Å²) < 4.78 is 36.0. The Morgan fingerprint density at radius 1 is 1.12 bits per heavy atom. The van der Waals surface area contributed by atoms with Crippen molar-refractivity contribution >= 4 is 17.5 Å². The molecule has 3 aromatic rings.